The molecule has 1 amide bonds. The Bertz CT molecular complexity index is 385. The first-order valence-corrected chi connectivity index (χ1v) is 5.78. The zero-order valence-corrected chi connectivity index (χ0v) is 11.6. The van der Waals surface area contributed by atoms with E-state index in [1.54, 1.807) is 17.7 Å². The summed E-state index contributed by atoms with van der Waals surface area (Å²) in [5.74, 6) is -0.102. The third-order valence-corrected chi connectivity index (χ3v) is 2.59. The van der Waals surface area contributed by atoms with Gasteiger partial charge >= 0.3 is 0 Å². The lowest BCUT2D eigenvalue weighted by Gasteiger charge is -2.25. The van der Waals surface area contributed by atoms with Crippen molar-refractivity contribution in [1.82, 2.24) is 9.88 Å². The molecule has 5 heteroatoms. The molecule has 0 aromatic carbocycles. The Labute approximate surface area is 104 Å². The third kappa shape index (κ3) is 3.35. The highest BCUT2D eigenvalue weighted by molar-refractivity contribution is 9.10. The second-order valence-corrected chi connectivity index (χ2v) is 5.34. The van der Waals surface area contributed by atoms with E-state index >= 15 is 0 Å². The predicted molar refractivity (Wildman–Crippen MR) is 66.5 cm³/mol. The first-order chi connectivity index (χ1) is 7.35. The van der Waals surface area contributed by atoms with E-state index in [0.717, 1.165) is 4.47 Å². The van der Waals surface area contributed by atoms with Gasteiger partial charge in [0, 0.05) is 24.8 Å². The fourth-order valence-corrected chi connectivity index (χ4v) is 2.04. The van der Waals surface area contributed by atoms with Crippen molar-refractivity contribution >= 4 is 21.8 Å². The smallest absolute Gasteiger partial charge is 0.268 e. The summed E-state index contributed by atoms with van der Waals surface area (Å²) in [6.07, 6.45) is 1.85. The summed E-state index contributed by atoms with van der Waals surface area (Å²) in [4.78, 5) is 12.0. The average Bonchev–Trinajstić information content (AvgIpc) is 2.44. The third-order valence-electron chi connectivity index (χ3n) is 2.16. The van der Waals surface area contributed by atoms with E-state index in [1.165, 1.54) is 0 Å². The van der Waals surface area contributed by atoms with Crippen molar-refractivity contribution in [3.8, 4) is 0 Å². The highest BCUT2D eigenvalue weighted by Gasteiger charge is 2.22. The topological polar surface area (TPSA) is 43.3 Å². The molecular weight excluding hydrogens is 272 g/mol. The van der Waals surface area contributed by atoms with Crippen molar-refractivity contribution in [2.24, 2.45) is 7.05 Å². The molecule has 0 atom stereocenters. The van der Waals surface area contributed by atoms with Crippen molar-refractivity contribution in [3.63, 3.8) is 0 Å². The van der Waals surface area contributed by atoms with Gasteiger partial charge in [0.2, 0.25) is 0 Å². The van der Waals surface area contributed by atoms with Crippen LogP contribution in [0, 0.1) is 0 Å². The molecule has 1 N–H and O–H groups in total. The van der Waals surface area contributed by atoms with E-state index in [1.807, 2.05) is 27.1 Å². The largest absolute Gasteiger partial charge is 0.382 e. The van der Waals surface area contributed by atoms with Gasteiger partial charge in [0.1, 0.15) is 5.69 Å². The molecule has 1 aromatic heterocycles. The molecule has 0 unspecified atom stereocenters. The Hall–Kier alpha value is -0.810. The van der Waals surface area contributed by atoms with Gasteiger partial charge in [-0.3, -0.25) is 4.79 Å². The number of aryl methyl sites for hydroxylation is 1. The molecule has 0 saturated heterocycles. The van der Waals surface area contributed by atoms with Crippen LogP contribution in [0.1, 0.15) is 24.3 Å². The Kier molecular flexibility index (Phi) is 4.15. The Morgan fingerprint density at radius 3 is 2.69 bits per heavy atom. The van der Waals surface area contributed by atoms with Gasteiger partial charge in [-0.1, -0.05) is 0 Å². The molecule has 1 aromatic rings. The SMILES string of the molecule is COCC(C)(C)NC(=O)c1cc(Br)cn1C. The van der Waals surface area contributed by atoms with Gasteiger partial charge in [-0.2, -0.15) is 0 Å². The molecule has 0 saturated carbocycles. The normalized spacial score (nSPS) is 11.6. The van der Waals surface area contributed by atoms with E-state index < -0.39 is 0 Å². The molecule has 4 nitrogen and oxygen atoms in total. The zero-order chi connectivity index (χ0) is 12.3. The van der Waals surface area contributed by atoms with Gasteiger partial charge in [-0.15, -0.1) is 0 Å². The highest BCUT2D eigenvalue weighted by atomic mass is 79.9. The predicted octanol–water partition coefficient (Wildman–Crippen LogP) is 1.94. The maximum Gasteiger partial charge on any atom is 0.268 e. The van der Waals surface area contributed by atoms with Gasteiger partial charge in [-0.05, 0) is 35.8 Å². The van der Waals surface area contributed by atoms with Crippen molar-refractivity contribution in [2.45, 2.75) is 19.4 Å². The summed E-state index contributed by atoms with van der Waals surface area (Å²) >= 11 is 3.34. The number of nitrogens with one attached hydrogen (secondary N) is 1. The molecule has 16 heavy (non-hydrogen) atoms. The van der Waals surface area contributed by atoms with Gasteiger partial charge in [-0.25, -0.2) is 0 Å². The summed E-state index contributed by atoms with van der Waals surface area (Å²) in [5, 5.41) is 2.92. The van der Waals surface area contributed by atoms with Crippen molar-refractivity contribution < 1.29 is 9.53 Å². The van der Waals surface area contributed by atoms with E-state index in [4.69, 9.17) is 4.74 Å². The van der Waals surface area contributed by atoms with Crippen molar-refractivity contribution in [3.05, 3.63) is 22.4 Å². The maximum absolute atomic E-state index is 12.0. The number of hydrogen-bond acceptors (Lipinski definition) is 2. The lowest BCUT2D eigenvalue weighted by Crippen LogP contribution is -2.47. The first-order valence-electron chi connectivity index (χ1n) is 4.99. The second-order valence-electron chi connectivity index (χ2n) is 4.43. The van der Waals surface area contributed by atoms with Crippen LogP contribution in [-0.2, 0) is 11.8 Å². The minimum absolute atomic E-state index is 0.102. The standard InChI is InChI=1S/C11H17BrN2O2/c1-11(2,7-16-4)13-10(15)9-5-8(12)6-14(9)3/h5-6H,7H2,1-4H3,(H,13,15). The zero-order valence-electron chi connectivity index (χ0n) is 10.0. The fraction of sp³-hybridized carbons (Fsp3) is 0.545. The van der Waals surface area contributed by atoms with Crippen LogP contribution in [0.25, 0.3) is 0 Å². The number of ether oxygens (including phenoxy) is 1. The van der Waals surface area contributed by atoms with E-state index in [0.29, 0.717) is 12.3 Å². The molecule has 0 spiro atoms. The fourth-order valence-electron chi connectivity index (χ4n) is 1.52. The van der Waals surface area contributed by atoms with E-state index in [2.05, 4.69) is 21.2 Å². The molecule has 0 fully saturated rings. The first kappa shape index (κ1) is 13.3. The minimum atomic E-state index is -0.372. The molecular formula is C11H17BrN2O2. The minimum Gasteiger partial charge on any atom is -0.382 e. The number of rotatable bonds is 4. The molecule has 0 radical (unpaired) electrons. The number of hydrogen-bond donors (Lipinski definition) is 1. The van der Waals surface area contributed by atoms with Crippen LogP contribution >= 0.6 is 15.9 Å². The number of nitrogens with zero attached hydrogens (tertiary/aromatic N) is 1. The summed E-state index contributed by atoms with van der Waals surface area (Å²) in [6, 6.07) is 1.79. The monoisotopic (exact) mass is 288 g/mol. The summed E-state index contributed by atoms with van der Waals surface area (Å²) in [5.41, 5.74) is 0.249. The lowest BCUT2D eigenvalue weighted by atomic mass is 10.1. The Balaban J connectivity index is 2.76. The summed E-state index contributed by atoms with van der Waals surface area (Å²) in [6.45, 7) is 4.32. The molecule has 0 aliphatic rings. The summed E-state index contributed by atoms with van der Waals surface area (Å²) in [7, 11) is 3.45. The van der Waals surface area contributed by atoms with Crippen LogP contribution in [0.2, 0.25) is 0 Å². The van der Waals surface area contributed by atoms with Crippen LogP contribution in [0.5, 0.6) is 0 Å². The molecule has 0 aliphatic heterocycles. The molecule has 0 bridgehead atoms. The second kappa shape index (κ2) is 5.01. The van der Waals surface area contributed by atoms with Gasteiger partial charge < -0.3 is 14.6 Å². The Morgan fingerprint density at radius 2 is 2.25 bits per heavy atom. The quantitative estimate of drug-likeness (QED) is 0.920. The van der Waals surface area contributed by atoms with Crippen LogP contribution < -0.4 is 5.32 Å². The maximum atomic E-state index is 12.0. The lowest BCUT2D eigenvalue weighted by molar-refractivity contribution is 0.0812. The van der Waals surface area contributed by atoms with E-state index in [-0.39, 0.29) is 11.4 Å². The van der Waals surface area contributed by atoms with Gasteiger partial charge in [0.05, 0.1) is 12.1 Å². The number of amides is 1. The van der Waals surface area contributed by atoms with E-state index in [9.17, 15) is 4.79 Å². The number of carbonyl (C=O) groups is 1. The number of aromatic nitrogens is 1. The highest BCUT2D eigenvalue weighted by Crippen LogP contribution is 2.14. The Morgan fingerprint density at radius 1 is 1.62 bits per heavy atom. The number of carbonyl (C=O) groups excluding carboxylic acids is 1. The van der Waals surface area contributed by atoms with Gasteiger partial charge in [0.25, 0.3) is 5.91 Å². The van der Waals surface area contributed by atoms with Crippen LogP contribution in [0.15, 0.2) is 16.7 Å². The molecule has 1 heterocycles. The van der Waals surface area contributed by atoms with Crippen LogP contribution in [0.4, 0.5) is 0 Å². The molecule has 90 valence electrons. The number of methoxy groups -OCH3 is 1. The average molecular weight is 289 g/mol. The molecule has 1 rings (SSSR count). The van der Waals surface area contributed by atoms with Crippen LogP contribution in [0.3, 0.4) is 0 Å². The van der Waals surface area contributed by atoms with Crippen molar-refractivity contribution in [2.75, 3.05) is 13.7 Å². The number of halogens is 1. The van der Waals surface area contributed by atoms with Gasteiger partial charge in [0.15, 0.2) is 0 Å². The summed E-state index contributed by atoms with van der Waals surface area (Å²) < 4.78 is 7.72. The van der Waals surface area contributed by atoms with Crippen molar-refractivity contribution in [1.29, 1.82) is 0 Å². The van der Waals surface area contributed by atoms with Crippen LogP contribution in [-0.4, -0.2) is 29.7 Å². The molecule has 0 aliphatic carbocycles.